The second-order valence-electron chi connectivity index (χ2n) is 29.4. The molecule has 0 saturated carbocycles. The number of hydrogen-bond acceptors (Lipinski definition) is 15. The molecule has 0 fully saturated rings. The standard InChI is InChI=1S/C79H154O17P2/c1-7-9-11-13-15-17-19-21-22-25-29-32-36-43-49-55-61-76(81)89-67-74(95-79(84)64-58-52-46-38-34-30-26-23-24-28-31-35-41-47-53-59-71(3)4)69-93-97(85,86)91-65-73(80)66-92-98(87,88)94-70-75(68-90-77(82)62-56-50-44-40-39-42-48-54-60-72(5)6)96-78(83)63-57-51-45-37-33-27-20-18-16-14-12-10-8-2/h71-75,80H,7-70H2,1-6H3,(H,85,86)(H,87,88)/t73-,74-,75-/m1/s1. The van der Waals surface area contributed by atoms with Gasteiger partial charge in [0.25, 0.3) is 0 Å². The molecule has 0 bridgehead atoms. The smallest absolute Gasteiger partial charge is 0.462 e. The van der Waals surface area contributed by atoms with E-state index in [9.17, 15) is 43.2 Å². The minimum atomic E-state index is -4.96. The van der Waals surface area contributed by atoms with Crippen molar-refractivity contribution in [2.45, 2.75) is 432 Å². The predicted molar refractivity (Wildman–Crippen MR) is 400 cm³/mol. The van der Waals surface area contributed by atoms with Gasteiger partial charge in [-0.25, -0.2) is 9.13 Å². The van der Waals surface area contributed by atoms with Crippen LogP contribution in [0.3, 0.4) is 0 Å². The molecule has 0 amide bonds. The number of carbonyl (C=O) groups is 4. The number of phosphoric acid groups is 2. The van der Waals surface area contributed by atoms with Gasteiger partial charge in [0, 0.05) is 25.7 Å². The molecule has 3 N–H and O–H groups in total. The lowest BCUT2D eigenvalue weighted by molar-refractivity contribution is -0.161. The Kier molecular flexibility index (Phi) is 69.3. The Hall–Kier alpha value is -1.94. The number of carbonyl (C=O) groups excluding carboxylic acids is 4. The molecule has 0 heterocycles. The normalized spacial score (nSPS) is 13.9. The van der Waals surface area contributed by atoms with Gasteiger partial charge in [-0.1, -0.05) is 363 Å². The van der Waals surface area contributed by atoms with Crippen molar-refractivity contribution in [1.82, 2.24) is 0 Å². The highest BCUT2D eigenvalue weighted by atomic mass is 31.2. The summed E-state index contributed by atoms with van der Waals surface area (Å²) >= 11 is 0. The number of ether oxygens (including phenoxy) is 4. The monoisotopic (exact) mass is 1440 g/mol. The molecule has 0 aromatic rings. The van der Waals surface area contributed by atoms with Gasteiger partial charge in [-0.05, 0) is 37.5 Å². The highest BCUT2D eigenvalue weighted by Crippen LogP contribution is 2.45. The van der Waals surface area contributed by atoms with E-state index in [2.05, 4.69) is 41.5 Å². The van der Waals surface area contributed by atoms with Crippen LogP contribution in [0.5, 0.6) is 0 Å². The Labute approximate surface area is 600 Å². The molecule has 19 heteroatoms. The maximum Gasteiger partial charge on any atom is 0.472 e. The number of phosphoric ester groups is 2. The van der Waals surface area contributed by atoms with Crippen LogP contribution < -0.4 is 0 Å². The maximum absolute atomic E-state index is 13.1. The molecular weight excluding hydrogens is 1280 g/mol. The Morgan fingerprint density at radius 2 is 0.469 bits per heavy atom. The summed E-state index contributed by atoms with van der Waals surface area (Å²) in [6, 6.07) is 0. The Morgan fingerprint density at radius 3 is 0.694 bits per heavy atom. The number of aliphatic hydroxyl groups excluding tert-OH is 1. The fourth-order valence-corrected chi connectivity index (χ4v) is 13.8. The molecular formula is C79H154O17P2. The SMILES string of the molecule is CCCCCCCCCCCCCCCCCCC(=O)OC[C@H](COP(=O)(O)OC[C@@H](O)COP(=O)(O)OC[C@@H](COC(=O)CCCCCCCCCCC(C)C)OC(=O)CCCCCCCCCCCCCCC)OC(=O)CCCCCCCCCCCCCCCCCC(C)C. The third-order valence-electron chi connectivity index (χ3n) is 18.5. The molecule has 0 saturated heterocycles. The molecule has 98 heavy (non-hydrogen) atoms. The van der Waals surface area contributed by atoms with Crippen LogP contribution >= 0.6 is 15.6 Å². The molecule has 17 nitrogen and oxygen atoms in total. The van der Waals surface area contributed by atoms with Gasteiger partial charge in [-0.3, -0.25) is 37.3 Å². The van der Waals surface area contributed by atoms with Crippen LogP contribution in [0.4, 0.5) is 0 Å². The minimum absolute atomic E-state index is 0.107. The quantitative estimate of drug-likeness (QED) is 0.0222. The lowest BCUT2D eigenvalue weighted by atomic mass is 10.0. The minimum Gasteiger partial charge on any atom is -0.462 e. The highest BCUT2D eigenvalue weighted by Gasteiger charge is 2.30. The predicted octanol–water partition coefficient (Wildman–Crippen LogP) is 23.5. The van der Waals surface area contributed by atoms with Crippen LogP contribution in [-0.4, -0.2) is 96.7 Å². The van der Waals surface area contributed by atoms with Crippen LogP contribution in [0.2, 0.25) is 0 Å². The van der Waals surface area contributed by atoms with Crippen LogP contribution in [0.15, 0.2) is 0 Å². The van der Waals surface area contributed by atoms with E-state index in [0.717, 1.165) is 102 Å². The van der Waals surface area contributed by atoms with Crippen LogP contribution in [0, 0.1) is 11.8 Å². The van der Waals surface area contributed by atoms with E-state index in [-0.39, 0.29) is 25.7 Å². The van der Waals surface area contributed by atoms with Gasteiger partial charge >= 0.3 is 39.5 Å². The van der Waals surface area contributed by atoms with Crippen molar-refractivity contribution in [3.8, 4) is 0 Å². The second kappa shape index (κ2) is 70.7. The number of unbranched alkanes of at least 4 members (excludes halogenated alkanes) is 48. The van der Waals surface area contributed by atoms with Gasteiger partial charge in [-0.2, -0.15) is 0 Å². The maximum atomic E-state index is 13.1. The molecule has 0 rings (SSSR count). The molecule has 582 valence electrons. The summed E-state index contributed by atoms with van der Waals surface area (Å²) in [5, 5.41) is 10.6. The summed E-state index contributed by atoms with van der Waals surface area (Å²) in [7, 11) is -9.92. The summed E-state index contributed by atoms with van der Waals surface area (Å²) in [6.45, 7) is 9.62. The third-order valence-corrected chi connectivity index (χ3v) is 20.4. The van der Waals surface area contributed by atoms with E-state index in [0.29, 0.717) is 25.7 Å². The van der Waals surface area contributed by atoms with Gasteiger partial charge < -0.3 is 33.8 Å². The van der Waals surface area contributed by atoms with E-state index in [1.54, 1.807) is 0 Å². The van der Waals surface area contributed by atoms with Crippen LogP contribution in [0.25, 0.3) is 0 Å². The average Bonchev–Trinajstić information content (AvgIpc) is 1.48. The van der Waals surface area contributed by atoms with E-state index < -0.39 is 97.5 Å². The molecule has 0 aliphatic heterocycles. The zero-order valence-electron chi connectivity index (χ0n) is 64.1. The van der Waals surface area contributed by atoms with Crippen molar-refractivity contribution in [2.24, 2.45) is 11.8 Å². The summed E-state index contributed by atoms with van der Waals surface area (Å²) in [5.41, 5.74) is 0. The zero-order valence-corrected chi connectivity index (χ0v) is 65.9. The molecule has 0 spiro atoms. The first-order valence-electron chi connectivity index (χ1n) is 41.0. The van der Waals surface area contributed by atoms with Crippen molar-refractivity contribution in [3.63, 3.8) is 0 Å². The fourth-order valence-electron chi connectivity index (χ4n) is 12.2. The van der Waals surface area contributed by atoms with Crippen LogP contribution in [0.1, 0.15) is 414 Å². The number of rotatable bonds is 78. The average molecular weight is 1440 g/mol. The van der Waals surface area contributed by atoms with Gasteiger partial charge in [0.15, 0.2) is 12.2 Å². The van der Waals surface area contributed by atoms with Crippen molar-refractivity contribution < 1.29 is 80.2 Å². The zero-order chi connectivity index (χ0) is 72.1. The lowest BCUT2D eigenvalue weighted by Crippen LogP contribution is -2.30. The van der Waals surface area contributed by atoms with Crippen LogP contribution in [-0.2, 0) is 65.4 Å². The number of aliphatic hydroxyl groups is 1. The molecule has 0 aliphatic rings. The van der Waals surface area contributed by atoms with E-state index in [1.165, 1.54) is 231 Å². The summed E-state index contributed by atoms with van der Waals surface area (Å²) in [6.07, 6.45) is 59.6. The van der Waals surface area contributed by atoms with Crippen molar-refractivity contribution in [3.05, 3.63) is 0 Å². The molecule has 0 radical (unpaired) electrons. The Bertz CT molecular complexity index is 1890. The number of hydrogen-bond donors (Lipinski definition) is 3. The number of esters is 4. The van der Waals surface area contributed by atoms with E-state index >= 15 is 0 Å². The summed E-state index contributed by atoms with van der Waals surface area (Å²) in [4.78, 5) is 73.0. The molecule has 0 aromatic carbocycles. The second-order valence-corrected chi connectivity index (χ2v) is 32.3. The van der Waals surface area contributed by atoms with Gasteiger partial charge in [0.1, 0.15) is 19.3 Å². The summed E-state index contributed by atoms with van der Waals surface area (Å²) in [5.74, 6) is -0.580. The molecule has 5 atom stereocenters. The van der Waals surface area contributed by atoms with Crippen molar-refractivity contribution in [2.75, 3.05) is 39.6 Å². The Balaban J connectivity index is 5.25. The Morgan fingerprint density at radius 1 is 0.276 bits per heavy atom. The third kappa shape index (κ3) is 72.4. The summed E-state index contributed by atoms with van der Waals surface area (Å²) < 4.78 is 68.7. The lowest BCUT2D eigenvalue weighted by Gasteiger charge is -2.21. The molecule has 0 aromatic heterocycles. The topological polar surface area (TPSA) is 237 Å². The molecule has 0 aliphatic carbocycles. The molecule has 2 unspecified atom stereocenters. The van der Waals surface area contributed by atoms with Gasteiger partial charge in [0.2, 0.25) is 0 Å². The largest absolute Gasteiger partial charge is 0.472 e. The van der Waals surface area contributed by atoms with Gasteiger partial charge in [0.05, 0.1) is 26.4 Å². The first kappa shape index (κ1) is 96.1. The van der Waals surface area contributed by atoms with Gasteiger partial charge in [-0.15, -0.1) is 0 Å². The first-order chi connectivity index (χ1) is 47.4. The fraction of sp³-hybridized carbons (Fsp3) is 0.949. The first-order valence-corrected chi connectivity index (χ1v) is 44.0. The highest BCUT2D eigenvalue weighted by molar-refractivity contribution is 7.47. The van der Waals surface area contributed by atoms with Crippen molar-refractivity contribution in [1.29, 1.82) is 0 Å². The van der Waals surface area contributed by atoms with Crippen molar-refractivity contribution >= 4 is 39.5 Å². The van der Waals surface area contributed by atoms with E-state index in [1.807, 2.05) is 0 Å². The van der Waals surface area contributed by atoms with E-state index in [4.69, 9.17) is 37.0 Å².